The number of hydrogen-bond acceptors (Lipinski definition) is 3. The largest absolute Gasteiger partial charge is 0.480 e. The monoisotopic (exact) mass is 336 g/mol. The molecular weight excluding hydrogens is 320 g/mol. The molecule has 5 nitrogen and oxygen atoms in total. The number of aryl methyl sites for hydroxylation is 1. The lowest BCUT2D eigenvalue weighted by Crippen LogP contribution is -2.43. The number of benzene rings is 2. The summed E-state index contributed by atoms with van der Waals surface area (Å²) in [7, 11) is 0. The van der Waals surface area contributed by atoms with E-state index >= 15 is 0 Å². The van der Waals surface area contributed by atoms with E-state index in [0.29, 0.717) is 22.5 Å². The van der Waals surface area contributed by atoms with Crippen LogP contribution in [0, 0.1) is 12.3 Å². The van der Waals surface area contributed by atoms with Crippen LogP contribution in [0.4, 0.5) is 0 Å². The lowest BCUT2D eigenvalue weighted by atomic mass is 9.72. The van der Waals surface area contributed by atoms with Crippen LogP contribution in [0.1, 0.15) is 28.4 Å². The molecule has 3 aromatic rings. The highest BCUT2D eigenvalue weighted by Gasteiger charge is 2.60. The van der Waals surface area contributed by atoms with Crippen molar-refractivity contribution < 1.29 is 24.2 Å². The van der Waals surface area contributed by atoms with Crippen molar-refractivity contribution in [1.82, 2.24) is 0 Å². The van der Waals surface area contributed by atoms with Crippen LogP contribution in [0.3, 0.4) is 0 Å². The van der Waals surface area contributed by atoms with Gasteiger partial charge in [-0.25, -0.2) is 0 Å². The third kappa shape index (κ3) is 2.02. The van der Waals surface area contributed by atoms with Crippen molar-refractivity contribution >= 4 is 22.9 Å². The van der Waals surface area contributed by atoms with Crippen LogP contribution in [0.2, 0.25) is 0 Å². The molecule has 2 N–H and O–H groups in total. The number of rotatable bonds is 3. The van der Waals surface area contributed by atoms with Crippen LogP contribution in [-0.4, -0.2) is 22.2 Å². The molecular formula is C20H16O5. The highest BCUT2D eigenvalue weighted by molar-refractivity contribution is 6.03. The first-order valence-corrected chi connectivity index (χ1v) is 7.99. The minimum atomic E-state index is -1.96. The second-order valence-corrected chi connectivity index (χ2v) is 6.54. The van der Waals surface area contributed by atoms with E-state index in [-0.39, 0.29) is 6.42 Å². The summed E-state index contributed by atoms with van der Waals surface area (Å²) in [4.78, 5) is 24.2. The molecule has 1 aliphatic rings. The van der Waals surface area contributed by atoms with Gasteiger partial charge < -0.3 is 14.6 Å². The Morgan fingerprint density at radius 3 is 2.32 bits per heavy atom. The quantitative estimate of drug-likeness (QED) is 0.714. The van der Waals surface area contributed by atoms with Gasteiger partial charge in [0.25, 0.3) is 0 Å². The van der Waals surface area contributed by atoms with Crippen LogP contribution in [0.5, 0.6) is 0 Å². The van der Waals surface area contributed by atoms with Crippen molar-refractivity contribution in [3.05, 3.63) is 71.0 Å². The molecule has 0 amide bonds. The molecule has 126 valence electrons. The molecule has 1 atom stereocenters. The minimum absolute atomic E-state index is 0.166. The van der Waals surface area contributed by atoms with Gasteiger partial charge in [-0.15, -0.1) is 0 Å². The molecule has 5 heteroatoms. The summed E-state index contributed by atoms with van der Waals surface area (Å²) < 4.78 is 5.81. The number of para-hydroxylation sites is 1. The topological polar surface area (TPSA) is 87.7 Å². The van der Waals surface area contributed by atoms with E-state index in [2.05, 4.69) is 0 Å². The Labute approximate surface area is 143 Å². The zero-order valence-corrected chi connectivity index (χ0v) is 13.5. The summed E-state index contributed by atoms with van der Waals surface area (Å²) in [5, 5.41) is 20.5. The highest BCUT2D eigenvalue weighted by Crippen LogP contribution is 2.54. The molecule has 0 radical (unpaired) electrons. The van der Waals surface area contributed by atoms with Crippen LogP contribution in [0.15, 0.2) is 52.9 Å². The smallest absolute Gasteiger partial charge is 0.322 e. The van der Waals surface area contributed by atoms with Crippen LogP contribution in [0.25, 0.3) is 11.0 Å². The normalized spacial score (nSPS) is 18.2. The fourth-order valence-electron chi connectivity index (χ4n) is 3.87. The number of aliphatic carboxylic acids is 2. The fourth-order valence-corrected chi connectivity index (χ4v) is 3.87. The van der Waals surface area contributed by atoms with Crippen molar-refractivity contribution in [3.8, 4) is 0 Å². The summed E-state index contributed by atoms with van der Waals surface area (Å²) in [6.45, 7) is 1.93. The zero-order chi connectivity index (χ0) is 17.8. The Morgan fingerprint density at radius 2 is 1.68 bits per heavy atom. The zero-order valence-electron chi connectivity index (χ0n) is 13.5. The standard InChI is InChI=1S/C20H16O5/c1-11-6-8-12(9-7-11)17-16-13-4-2-3-5-14(13)25-15(16)10-20(17,18(21)22)19(23)24/h2-9,17H,10H2,1H3,(H,21,22)(H,23,24). The molecule has 0 spiro atoms. The fraction of sp³-hybridized carbons (Fsp3) is 0.200. The summed E-state index contributed by atoms with van der Waals surface area (Å²) >= 11 is 0. The molecule has 0 aliphatic heterocycles. The molecule has 0 bridgehead atoms. The predicted octanol–water partition coefficient (Wildman–Crippen LogP) is 3.58. The maximum Gasteiger partial charge on any atom is 0.322 e. The van der Waals surface area contributed by atoms with Gasteiger partial charge in [0.2, 0.25) is 0 Å². The third-order valence-electron chi connectivity index (χ3n) is 5.11. The van der Waals surface area contributed by atoms with Crippen LogP contribution >= 0.6 is 0 Å². The van der Waals surface area contributed by atoms with Gasteiger partial charge in [-0.05, 0) is 18.6 Å². The summed E-state index contributed by atoms with van der Waals surface area (Å²) in [5.41, 5.74) is 1.04. The molecule has 2 aromatic carbocycles. The minimum Gasteiger partial charge on any atom is -0.480 e. The van der Waals surface area contributed by atoms with Gasteiger partial charge in [0.05, 0.1) is 0 Å². The Hall–Kier alpha value is -3.08. The molecule has 1 aromatic heterocycles. The predicted molar refractivity (Wildman–Crippen MR) is 90.6 cm³/mol. The molecule has 25 heavy (non-hydrogen) atoms. The van der Waals surface area contributed by atoms with E-state index in [1.807, 2.05) is 43.3 Å². The number of carboxylic acids is 2. The van der Waals surface area contributed by atoms with E-state index in [0.717, 1.165) is 10.9 Å². The maximum atomic E-state index is 12.1. The van der Waals surface area contributed by atoms with Crippen molar-refractivity contribution in [2.24, 2.45) is 5.41 Å². The maximum absolute atomic E-state index is 12.1. The molecule has 1 aliphatic carbocycles. The third-order valence-corrected chi connectivity index (χ3v) is 5.11. The Morgan fingerprint density at radius 1 is 1.04 bits per heavy atom. The second-order valence-electron chi connectivity index (χ2n) is 6.54. The average Bonchev–Trinajstić information content (AvgIpc) is 3.09. The van der Waals surface area contributed by atoms with Gasteiger partial charge in [-0.1, -0.05) is 48.0 Å². The lowest BCUT2D eigenvalue weighted by molar-refractivity contribution is -0.165. The van der Waals surface area contributed by atoms with E-state index in [9.17, 15) is 19.8 Å². The number of carboxylic acid groups (broad SMARTS) is 2. The van der Waals surface area contributed by atoms with E-state index in [1.54, 1.807) is 12.1 Å². The molecule has 4 rings (SSSR count). The highest BCUT2D eigenvalue weighted by atomic mass is 16.4. The van der Waals surface area contributed by atoms with Gasteiger partial charge in [0.1, 0.15) is 11.3 Å². The lowest BCUT2D eigenvalue weighted by Gasteiger charge is -2.28. The number of carbonyl (C=O) groups is 2. The second kappa shape index (κ2) is 5.21. The summed E-state index contributed by atoms with van der Waals surface area (Å²) in [5.74, 6) is -3.06. The number of hydrogen-bond donors (Lipinski definition) is 2. The first-order valence-electron chi connectivity index (χ1n) is 7.99. The summed E-state index contributed by atoms with van der Waals surface area (Å²) in [6, 6.07) is 14.7. The molecule has 1 heterocycles. The van der Waals surface area contributed by atoms with E-state index in [4.69, 9.17) is 4.42 Å². The number of furan rings is 1. The van der Waals surface area contributed by atoms with Crippen molar-refractivity contribution in [3.63, 3.8) is 0 Å². The van der Waals surface area contributed by atoms with Crippen molar-refractivity contribution in [2.75, 3.05) is 0 Å². The van der Waals surface area contributed by atoms with E-state index in [1.165, 1.54) is 0 Å². The van der Waals surface area contributed by atoms with Crippen molar-refractivity contribution in [1.29, 1.82) is 0 Å². The van der Waals surface area contributed by atoms with Gasteiger partial charge >= 0.3 is 11.9 Å². The Balaban J connectivity index is 2.04. The Bertz CT molecular complexity index is 983. The summed E-state index contributed by atoms with van der Waals surface area (Å²) in [6.07, 6.45) is -0.166. The van der Waals surface area contributed by atoms with Crippen LogP contribution < -0.4 is 0 Å². The van der Waals surface area contributed by atoms with Crippen LogP contribution in [-0.2, 0) is 16.0 Å². The first-order chi connectivity index (χ1) is 11.9. The molecule has 0 saturated carbocycles. The molecule has 0 saturated heterocycles. The first kappa shape index (κ1) is 15.4. The number of fused-ring (bicyclic) bond motifs is 3. The van der Waals surface area contributed by atoms with E-state index < -0.39 is 23.3 Å². The van der Waals surface area contributed by atoms with Gasteiger partial charge in [0, 0.05) is 23.3 Å². The molecule has 0 fully saturated rings. The van der Waals surface area contributed by atoms with Gasteiger partial charge in [-0.3, -0.25) is 9.59 Å². The van der Waals surface area contributed by atoms with Gasteiger partial charge in [-0.2, -0.15) is 0 Å². The SMILES string of the molecule is Cc1ccc(C2c3c(oc4ccccc34)CC2(C(=O)O)C(=O)O)cc1. The Kier molecular flexibility index (Phi) is 3.22. The molecule has 1 unspecified atom stereocenters. The van der Waals surface area contributed by atoms with Crippen molar-refractivity contribution in [2.45, 2.75) is 19.3 Å². The average molecular weight is 336 g/mol. The van der Waals surface area contributed by atoms with Gasteiger partial charge in [0.15, 0.2) is 5.41 Å².